The second-order valence-electron chi connectivity index (χ2n) is 17.1. The van der Waals surface area contributed by atoms with Gasteiger partial charge < -0.3 is 24.8 Å². The van der Waals surface area contributed by atoms with Crippen LogP contribution in [0, 0.1) is 25.7 Å². The number of nitrogens with one attached hydrogen (secondary N) is 2. The van der Waals surface area contributed by atoms with Gasteiger partial charge in [-0.25, -0.2) is 4.68 Å². The third-order valence-electron chi connectivity index (χ3n) is 13.3. The van der Waals surface area contributed by atoms with Crippen LogP contribution in [0.1, 0.15) is 71.8 Å². The van der Waals surface area contributed by atoms with E-state index >= 15 is 0 Å². The number of hydrogen-bond acceptors (Lipinski definition) is 12. The molecule has 1 saturated carbocycles. The number of fused-ring (bicyclic) bond motifs is 8. The Morgan fingerprint density at radius 2 is 1.66 bits per heavy atom. The number of pyridine rings is 2. The predicted molar refractivity (Wildman–Crippen MR) is 225 cm³/mol. The fourth-order valence-corrected chi connectivity index (χ4v) is 9.80. The first-order valence-electron chi connectivity index (χ1n) is 21.1. The number of amides is 3. The van der Waals surface area contributed by atoms with Gasteiger partial charge in [-0.2, -0.15) is 10.1 Å². The van der Waals surface area contributed by atoms with Gasteiger partial charge in [-0.3, -0.25) is 34.6 Å². The molecular weight excluding hydrogens is 747 g/mol. The maximum Gasteiger partial charge on any atom is 0.280 e. The number of benzene rings is 1. The van der Waals surface area contributed by atoms with Gasteiger partial charge in [0.15, 0.2) is 0 Å². The first kappa shape index (κ1) is 37.4. The minimum atomic E-state index is -0.367. The summed E-state index contributed by atoms with van der Waals surface area (Å²) in [4.78, 5) is 61.9. The Morgan fingerprint density at radius 3 is 2.46 bits per heavy atom. The summed E-state index contributed by atoms with van der Waals surface area (Å²) in [5, 5.41) is 10.4. The lowest BCUT2D eigenvalue weighted by Gasteiger charge is -2.44. The molecule has 3 atom stereocenters. The highest BCUT2D eigenvalue weighted by molar-refractivity contribution is 6.19. The van der Waals surface area contributed by atoms with Crippen molar-refractivity contribution in [2.45, 2.75) is 64.3 Å². The smallest absolute Gasteiger partial charge is 0.280 e. The molecule has 1 aliphatic carbocycles. The molecule has 0 spiro atoms. The third-order valence-corrected chi connectivity index (χ3v) is 13.3. The number of rotatable bonds is 4. The van der Waals surface area contributed by atoms with E-state index in [-0.39, 0.29) is 23.6 Å². The molecule has 10 rings (SSSR count). The first-order chi connectivity index (χ1) is 28.6. The number of carbonyl (C=O) groups is 3. The average molecular weight is 798 g/mol. The molecule has 3 aromatic heterocycles. The number of anilines is 4. The number of imide groups is 1. The monoisotopic (exact) mass is 797 g/mol. The Morgan fingerprint density at radius 1 is 0.831 bits per heavy atom. The molecule has 6 aliphatic rings. The fraction of sp³-hybridized carbons (Fsp3) is 0.477. The van der Waals surface area contributed by atoms with Crippen molar-refractivity contribution in [3.05, 3.63) is 71.3 Å². The molecule has 8 heterocycles. The van der Waals surface area contributed by atoms with E-state index < -0.39 is 0 Å². The molecule has 5 aliphatic heterocycles. The Labute approximate surface area is 343 Å². The summed E-state index contributed by atoms with van der Waals surface area (Å²) < 4.78 is 8.04. The Kier molecular flexibility index (Phi) is 9.57. The zero-order chi connectivity index (χ0) is 40.4. The maximum atomic E-state index is 13.9. The summed E-state index contributed by atoms with van der Waals surface area (Å²) in [5.41, 5.74) is 8.83. The fourth-order valence-electron chi connectivity index (χ4n) is 9.80. The van der Waals surface area contributed by atoms with Crippen molar-refractivity contribution in [3.63, 3.8) is 0 Å². The van der Waals surface area contributed by atoms with Crippen LogP contribution < -0.4 is 30.1 Å². The van der Waals surface area contributed by atoms with Gasteiger partial charge in [0.2, 0.25) is 23.7 Å². The predicted octanol–water partition coefficient (Wildman–Crippen LogP) is 4.65. The van der Waals surface area contributed by atoms with Crippen LogP contribution in [0.25, 0.3) is 11.3 Å². The van der Waals surface area contributed by atoms with Crippen LogP contribution >= 0.6 is 0 Å². The molecule has 3 amide bonds. The van der Waals surface area contributed by atoms with E-state index in [0.29, 0.717) is 60.4 Å². The molecule has 15 heteroatoms. The van der Waals surface area contributed by atoms with E-state index in [2.05, 4.69) is 60.5 Å². The van der Waals surface area contributed by atoms with E-state index in [9.17, 15) is 14.4 Å². The SMILES string of the molecule is Cc1cc2cc(n1)-c1cnn(C)c1OCC[C@@H]1C[C@H]1CN1/C(=N/C2=O)Nc2ccc(N3CCN(C4CCN(c5cnc(C6CCC(=O)NC6=O)cc5C)CC4)CC3)cc21. The van der Waals surface area contributed by atoms with Crippen molar-refractivity contribution in [1.82, 2.24) is 30.0 Å². The van der Waals surface area contributed by atoms with Gasteiger partial charge in [0.05, 0.1) is 58.9 Å². The standard InChI is InChI=1S/C44H51N11O4/c1-26-18-36(33-5-7-40(56)49-42(33)58)45-24-39(26)54-11-8-31(9-12-54)52-13-15-53(16-14-52)32-4-6-35-38(22-32)55-25-30-20-28(30)10-17-59-43-34(23-46-51(43)3)37-21-29(19-27(2)47-37)41(57)50-44(55)48-35/h4,6,18-19,21-24,28,30-31,33H,5,7-17,20,25H2,1-3H3,(H,48,50,57)(H,49,56,58)/t28-,30+,33?/m1/s1. The van der Waals surface area contributed by atoms with Crippen molar-refractivity contribution in [2.24, 2.45) is 23.9 Å². The van der Waals surface area contributed by atoms with Crippen molar-refractivity contribution in [1.29, 1.82) is 0 Å². The second-order valence-corrected chi connectivity index (χ2v) is 17.1. The van der Waals surface area contributed by atoms with Gasteiger partial charge in [0.1, 0.15) is 0 Å². The van der Waals surface area contributed by atoms with Crippen LogP contribution in [0.15, 0.2) is 53.8 Å². The van der Waals surface area contributed by atoms with Crippen LogP contribution in [0.5, 0.6) is 5.88 Å². The number of carbonyl (C=O) groups excluding carboxylic acids is 3. The van der Waals surface area contributed by atoms with E-state index in [1.807, 2.05) is 26.2 Å². The van der Waals surface area contributed by atoms with Gasteiger partial charge in [-0.15, -0.1) is 0 Å². The quantitative estimate of drug-likeness (QED) is 0.277. The topological polar surface area (TPSA) is 153 Å². The number of guanidine groups is 1. The number of piperazine rings is 1. The molecular formula is C44H51N11O4. The van der Waals surface area contributed by atoms with Crippen LogP contribution in [0.2, 0.25) is 0 Å². The number of aryl methyl sites for hydroxylation is 3. The summed E-state index contributed by atoms with van der Waals surface area (Å²) in [6.45, 7) is 11.2. The number of aromatic nitrogens is 4. The third kappa shape index (κ3) is 7.29. The highest BCUT2D eigenvalue weighted by atomic mass is 16.5. The Hall–Kier alpha value is -5.83. The molecule has 3 saturated heterocycles. The molecule has 59 heavy (non-hydrogen) atoms. The summed E-state index contributed by atoms with van der Waals surface area (Å²) >= 11 is 0. The molecule has 2 N–H and O–H groups in total. The van der Waals surface area contributed by atoms with Gasteiger partial charge in [-0.1, -0.05) is 0 Å². The molecule has 0 radical (unpaired) electrons. The zero-order valence-electron chi connectivity index (χ0n) is 34.0. The lowest BCUT2D eigenvalue weighted by atomic mass is 9.93. The minimum Gasteiger partial charge on any atom is -0.477 e. The van der Waals surface area contributed by atoms with Crippen LogP contribution in [0.4, 0.5) is 22.7 Å². The highest BCUT2D eigenvalue weighted by Crippen LogP contribution is 2.45. The zero-order valence-corrected chi connectivity index (χ0v) is 34.0. The van der Waals surface area contributed by atoms with E-state index in [1.54, 1.807) is 23.0 Å². The summed E-state index contributed by atoms with van der Waals surface area (Å²) in [7, 11) is 1.87. The molecule has 306 valence electrons. The van der Waals surface area contributed by atoms with Crippen LogP contribution in [-0.4, -0.2) is 107 Å². The van der Waals surface area contributed by atoms with E-state index in [4.69, 9.17) is 19.7 Å². The number of ether oxygens (including phenoxy) is 1. The molecule has 1 aromatic carbocycles. The van der Waals surface area contributed by atoms with Crippen molar-refractivity contribution >= 4 is 46.4 Å². The lowest BCUT2D eigenvalue weighted by Crippen LogP contribution is -2.53. The average Bonchev–Trinajstić information content (AvgIpc) is 3.74. The maximum absolute atomic E-state index is 13.9. The number of piperidine rings is 2. The second kappa shape index (κ2) is 15.1. The summed E-state index contributed by atoms with van der Waals surface area (Å²) in [6, 6.07) is 12.7. The molecule has 1 unspecified atom stereocenters. The minimum absolute atomic E-state index is 0.205. The highest BCUT2D eigenvalue weighted by Gasteiger charge is 2.41. The molecule has 15 nitrogen and oxygen atoms in total. The molecule has 2 bridgehead atoms. The number of hydrogen-bond donors (Lipinski definition) is 2. The van der Waals surface area contributed by atoms with Crippen LogP contribution in [-0.2, 0) is 16.6 Å². The lowest BCUT2D eigenvalue weighted by molar-refractivity contribution is -0.134. The first-order valence-corrected chi connectivity index (χ1v) is 21.1. The number of aliphatic imine (C=N–C) groups is 1. The Balaban J connectivity index is 0.802. The van der Waals surface area contributed by atoms with Crippen molar-refractivity contribution in [3.8, 4) is 17.1 Å². The van der Waals surface area contributed by atoms with E-state index in [1.165, 1.54) is 5.69 Å². The Bertz CT molecular complexity index is 2360. The summed E-state index contributed by atoms with van der Waals surface area (Å²) in [5.74, 6) is 1.11. The van der Waals surface area contributed by atoms with Crippen molar-refractivity contribution in [2.75, 3.05) is 72.4 Å². The summed E-state index contributed by atoms with van der Waals surface area (Å²) in [6.07, 6.45) is 8.77. The van der Waals surface area contributed by atoms with Gasteiger partial charge in [-0.05, 0) is 99.7 Å². The van der Waals surface area contributed by atoms with Gasteiger partial charge in [0, 0.05) is 82.3 Å². The van der Waals surface area contributed by atoms with Gasteiger partial charge >= 0.3 is 0 Å². The largest absolute Gasteiger partial charge is 0.477 e. The molecule has 4 aromatic rings. The van der Waals surface area contributed by atoms with Gasteiger partial charge in [0.25, 0.3) is 5.91 Å². The number of nitrogens with zero attached hydrogens (tertiary/aromatic N) is 9. The normalized spacial score (nSPS) is 24.7. The van der Waals surface area contributed by atoms with Crippen molar-refractivity contribution < 1.29 is 19.1 Å². The van der Waals surface area contributed by atoms with E-state index in [0.717, 1.165) is 111 Å². The van der Waals surface area contributed by atoms with Crippen LogP contribution in [0.3, 0.4) is 0 Å². The molecule has 4 fully saturated rings.